The summed E-state index contributed by atoms with van der Waals surface area (Å²) >= 11 is 0. The lowest BCUT2D eigenvalue weighted by atomic mass is 9.50. The molecule has 110 valence electrons. The summed E-state index contributed by atoms with van der Waals surface area (Å²) in [5.41, 5.74) is 7.38. The summed E-state index contributed by atoms with van der Waals surface area (Å²) in [6, 6.07) is 0.333. The van der Waals surface area contributed by atoms with Crippen LogP contribution in [0.15, 0.2) is 0 Å². The Hall–Kier alpha value is -0.0800. The van der Waals surface area contributed by atoms with Crippen LogP contribution in [0.3, 0.4) is 0 Å². The van der Waals surface area contributed by atoms with Gasteiger partial charge in [0.05, 0.1) is 6.10 Å². The fourth-order valence-electron chi connectivity index (χ4n) is 6.31. The first-order valence-electron chi connectivity index (χ1n) is 8.06. The number of hydrogen-bond donors (Lipinski definition) is 2. The molecule has 0 spiro atoms. The maximum Gasteiger partial charge on any atom is 0.0546 e. The molecule has 3 aliphatic rings. The predicted octanol–water partition coefficient (Wildman–Crippen LogP) is 3.18. The normalized spacial score (nSPS) is 54.8. The van der Waals surface area contributed by atoms with Crippen LogP contribution in [0.25, 0.3) is 0 Å². The van der Waals surface area contributed by atoms with E-state index in [4.69, 9.17) is 5.73 Å². The van der Waals surface area contributed by atoms with E-state index in [1.54, 1.807) is 0 Å². The molecule has 0 heterocycles. The number of aliphatic hydroxyl groups is 1. The van der Waals surface area contributed by atoms with Gasteiger partial charge in [-0.25, -0.2) is 0 Å². The molecular weight excluding hydrogens is 234 g/mol. The van der Waals surface area contributed by atoms with Crippen LogP contribution in [-0.4, -0.2) is 17.3 Å². The number of aliphatic hydroxyl groups excluding tert-OH is 1. The second-order valence-electron chi connectivity index (χ2n) is 8.90. The average molecular weight is 265 g/mol. The summed E-state index contributed by atoms with van der Waals surface area (Å²) < 4.78 is 0. The smallest absolute Gasteiger partial charge is 0.0546 e. The van der Waals surface area contributed by atoms with Gasteiger partial charge < -0.3 is 10.8 Å². The van der Waals surface area contributed by atoms with E-state index in [1.165, 1.54) is 0 Å². The average Bonchev–Trinajstić information content (AvgIpc) is 2.35. The van der Waals surface area contributed by atoms with E-state index >= 15 is 0 Å². The highest BCUT2D eigenvalue weighted by atomic mass is 16.3. The third-order valence-corrected chi connectivity index (χ3v) is 8.22. The zero-order valence-corrected chi connectivity index (χ0v) is 13.2. The predicted molar refractivity (Wildman–Crippen MR) is 78.6 cm³/mol. The zero-order valence-electron chi connectivity index (χ0n) is 13.2. The van der Waals surface area contributed by atoms with Gasteiger partial charge in [0, 0.05) is 6.04 Å². The highest BCUT2D eigenvalue weighted by molar-refractivity contribution is 5.19. The van der Waals surface area contributed by atoms with E-state index in [9.17, 15) is 5.11 Å². The molecule has 0 aromatic heterocycles. The molecule has 4 unspecified atom stereocenters. The molecule has 3 rings (SSSR count). The molecular formula is C17H31NO. The van der Waals surface area contributed by atoms with Gasteiger partial charge in [0.25, 0.3) is 0 Å². The van der Waals surface area contributed by atoms with E-state index < -0.39 is 0 Å². The van der Waals surface area contributed by atoms with Gasteiger partial charge in [-0.1, -0.05) is 34.6 Å². The fourth-order valence-corrected chi connectivity index (χ4v) is 6.31. The molecule has 0 amide bonds. The Labute approximate surface area is 118 Å². The third-order valence-electron chi connectivity index (χ3n) is 8.22. The van der Waals surface area contributed by atoms with Crippen molar-refractivity contribution in [2.45, 2.75) is 72.4 Å². The van der Waals surface area contributed by atoms with Crippen molar-refractivity contribution < 1.29 is 5.11 Å². The molecule has 2 nitrogen and oxygen atoms in total. The van der Waals surface area contributed by atoms with Gasteiger partial charge in [-0.3, -0.25) is 0 Å². The molecule has 0 saturated heterocycles. The van der Waals surface area contributed by atoms with Crippen molar-refractivity contribution in [3.05, 3.63) is 0 Å². The summed E-state index contributed by atoms with van der Waals surface area (Å²) in [4.78, 5) is 0. The van der Waals surface area contributed by atoms with Crippen LogP contribution >= 0.6 is 0 Å². The number of hydrogen-bond acceptors (Lipinski definition) is 2. The van der Waals surface area contributed by atoms with Crippen LogP contribution in [0.1, 0.15) is 60.3 Å². The number of nitrogens with two attached hydrogens (primary N) is 1. The van der Waals surface area contributed by atoms with Crippen LogP contribution in [-0.2, 0) is 0 Å². The molecule has 0 aliphatic heterocycles. The van der Waals surface area contributed by atoms with Crippen molar-refractivity contribution >= 4 is 0 Å². The van der Waals surface area contributed by atoms with Gasteiger partial charge in [0.15, 0.2) is 0 Å². The monoisotopic (exact) mass is 265 g/mol. The van der Waals surface area contributed by atoms with Crippen LogP contribution in [0, 0.1) is 34.0 Å². The SMILES string of the molecule is CC1(C)C2CC(N)CC3CC(O)C[C@@H]2[C@]3(C)C1(C)C. The van der Waals surface area contributed by atoms with E-state index in [-0.39, 0.29) is 6.10 Å². The largest absolute Gasteiger partial charge is 0.393 e. The lowest BCUT2D eigenvalue weighted by Gasteiger charge is -2.55. The summed E-state index contributed by atoms with van der Waals surface area (Å²) in [7, 11) is 0. The van der Waals surface area contributed by atoms with Crippen molar-refractivity contribution in [2.75, 3.05) is 0 Å². The standard InChI is InChI=1S/C17H31NO/c1-15(2)13-8-11(18)6-10-7-12(19)9-14(13)17(10,5)16(15,3)4/h10-14,19H,6-9,18H2,1-5H3/t10?,11?,12?,13?,14-,17+/m0/s1. The minimum Gasteiger partial charge on any atom is -0.393 e. The Bertz CT molecular complexity index is 389. The first kappa shape index (κ1) is 13.9. The van der Waals surface area contributed by atoms with Crippen molar-refractivity contribution in [3.8, 4) is 0 Å². The Morgan fingerprint density at radius 1 is 0.895 bits per heavy atom. The Morgan fingerprint density at radius 3 is 2.16 bits per heavy atom. The van der Waals surface area contributed by atoms with Crippen LogP contribution in [0.4, 0.5) is 0 Å². The maximum absolute atomic E-state index is 10.3. The highest BCUT2D eigenvalue weighted by Crippen LogP contribution is 2.75. The second kappa shape index (κ2) is 3.76. The Balaban J connectivity index is 2.16. The van der Waals surface area contributed by atoms with Crippen LogP contribution in [0.5, 0.6) is 0 Å². The molecule has 0 radical (unpaired) electrons. The first-order chi connectivity index (χ1) is 8.62. The molecule has 3 aliphatic carbocycles. The summed E-state index contributed by atoms with van der Waals surface area (Å²) in [5, 5.41) is 10.3. The fraction of sp³-hybridized carbons (Fsp3) is 1.00. The van der Waals surface area contributed by atoms with Gasteiger partial charge in [0.2, 0.25) is 0 Å². The first-order valence-corrected chi connectivity index (χ1v) is 8.06. The Morgan fingerprint density at radius 2 is 1.53 bits per heavy atom. The van der Waals surface area contributed by atoms with Gasteiger partial charge >= 0.3 is 0 Å². The molecule has 3 saturated carbocycles. The minimum atomic E-state index is -0.0967. The van der Waals surface area contributed by atoms with Crippen molar-refractivity contribution in [3.63, 3.8) is 0 Å². The van der Waals surface area contributed by atoms with E-state index in [0.717, 1.165) is 25.7 Å². The lowest BCUT2D eigenvalue weighted by molar-refractivity contribution is -0.0871. The van der Waals surface area contributed by atoms with E-state index in [0.29, 0.717) is 40.0 Å². The molecule has 4 bridgehead atoms. The van der Waals surface area contributed by atoms with Gasteiger partial charge in [0.1, 0.15) is 0 Å². The lowest BCUT2D eigenvalue weighted by Crippen LogP contribution is -2.51. The zero-order chi connectivity index (χ0) is 14.2. The third kappa shape index (κ3) is 1.45. The molecule has 19 heavy (non-hydrogen) atoms. The van der Waals surface area contributed by atoms with Crippen molar-refractivity contribution in [1.82, 2.24) is 0 Å². The molecule has 3 N–H and O–H groups in total. The summed E-state index contributed by atoms with van der Waals surface area (Å²) in [6.07, 6.45) is 4.13. The minimum absolute atomic E-state index is 0.0967. The van der Waals surface area contributed by atoms with Crippen LogP contribution < -0.4 is 5.73 Å². The van der Waals surface area contributed by atoms with Crippen molar-refractivity contribution in [2.24, 2.45) is 39.7 Å². The maximum atomic E-state index is 10.3. The summed E-state index contributed by atoms with van der Waals surface area (Å²) in [6.45, 7) is 12.3. The Kier molecular flexibility index (Phi) is 2.75. The highest BCUT2D eigenvalue weighted by Gasteiger charge is 2.70. The van der Waals surface area contributed by atoms with Gasteiger partial charge in [-0.05, 0) is 59.7 Å². The summed E-state index contributed by atoms with van der Waals surface area (Å²) in [5.74, 6) is 1.92. The quantitative estimate of drug-likeness (QED) is 0.706. The van der Waals surface area contributed by atoms with Gasteiger partial charge in [-0.15, -0.1) is 0 Å². The second-order valence-corrected chi connectivity index (χ2v) is 8.90. The van der Waals surface area contributed by atoms with Crippen molar-refractivity contribution in [1.29, 1.82) is 0 Å². The number of rotatable bonds is 0. The van der Waals surface area contributed by atoms with E-state index in [2.05, 4.69) is 34.6 Å². The molecule has 0 aromatic carbocycles. The van der Waals surface area contributed by atoms with E-state index in [1.807, 2.05) is 0 Å². The molecule has 3 fully saturated rings. The molecule has 6 atom stereocenters. The molecule has 2 heteroatoms. The van der Waals surface area contributed by atoms with Crippen LogP contribution in [0.2, 0.25) is 0 Å². The van der Waals surface area contributed by atoms with Gasteiger partial charge in [-0.2, -0.15) is 0 Å². The topological polar surface area (TPSA) is 46.2 Å². The molecule has 0 aromatic rings.